The van der Waals surface area contributed by atoms with Gasteiger partial charge in [-0.2, -0.15) is 5.26 Å². The molecule has 0 saturated heterocycles. The van der Waals surface area contributed by atoms with Crippen LogP contribution in [0.1, 0.15) is 11.1 Å². The predicted octanol–water partition coefficient (Wildman–Crippen LogP) is 6.50. The highest BCUT2D eigenvalue weighted by Gasteiger charge is 2.15. The number of carbonyl (C=O) groups is 1. The van der Waals surface area contributed by atoms with E-state index in [-0.39, 0.29) is 5.57 Å². The van der Waals surface area contributed by atoms with E-state index in [9.17, 15) is 10.1 Å². The third kappa shape index (κ3) is 4.37. The van der Waals surface area contributed by atoms with Gasteiger partial charge in [0, 0.05) is 34.2 Å². The molecule has 2 aromatic heterocycles. The second-order valence-corrected chi connectivity index (χ2v) is 8.93. The number of nitriles is 1. The average Bonchev–Trinajstić information content (AvgIpc) is 3.39. The van der Waals surface area contributed by atoms with Gasteiger partial charge in [0.15, 0.2) is 5.13 Å². The van der Waals surface area contributed by atoms with Crippen LogP contribution in [-0.4, -0.2) is 15.5 Å². The van der Waals surface area contributed by atoms with Crippen LogP contribution in [0, 0.1) is 11.3 Å². The summed E-state index contributed by atoms with van der Waals surface area (Å²) in [5, 5.41) is 14.6. The van der Waals surface area contributed by atoms with Gasteiger partial charge in [-0.15, -0.1) is 0 Å². The Balaban J connectivity index is 1.46. The topological polar surface area (TPSA) is 70.7 Å². The van der Waals surface area contributed by atoms with Crippen LogP contribution in [0.3, 0.4) is 0 Å². The maximum atomic E-state index is 12.8. The summed E-state index contributed by atoms with van der Waals surface area (Å²) in [4.78, 5) is 17.3. The molecule has 7 heteroatoms. The molecule has 0 aliphatic carbocycles. The first-order chi connectivity index (χ1) is 16.1. The van der Waals surface area contributed by atoms with Gasteiger partial charge in [0.2, 0.25) is 0 Å². The molecule has 0 spiro atoms. The first-order valence-electron chi connectivity index (χ1n) is 10.2. The highest BCUT2D eigenvalue weighted by atomic mass is 35.5. The molecule has 0 aliphatic rings. The summed E-state index contributed by atoms with van der Waals surface area (Å²) in [6, 6.07) is 25.3. The van der Waals surface area contributed by atoms with Crippen LogP contribution in [0.4, 0.5) is 5.13 Å². The molecule has 0 fully saturated rings. The van der Waals surface area contributed by atoms with E-state index in [1.165, 1.54) is 11.3 Å². The molecule has 1 N–H and O–H groups in total. The van der Waals surface area contributed by atoms with E-state index >= 15 is 0 Å². The molecule has 0 atom stereocenters. The second kappa shape index (κ2) is 8.91. The number of para-hydroxylation sites is 2. The Labute approximate surface area is 199 Å². The number of carbonyl (C=O) groups excluding carboxylic acids is 1. The molecule has 5 nitrogen and oxygen atoms in total. The maximum absolute atomic E-state index is 12.8. The van der Waals surface area contributed by atoms with E-state index in [0.29, 0.717) is 16.7 Å². The number of thiazole rings is 1. The molecule has 2 heterocycles. The Kier molecular flexibility index (Phi) is 5.66. The molecule has 3 aromatic carbocycles. The number of fused-ring (bicyclic) bond motifs is 2. The average molecular weight is 469 g/mol. The van der Waals surface area contributed by atoms with Crippen LogP contribution in [0.25, 0.3) is 27.2 Å². The minimum atomic E-state index is -0.480. The van der Waals surface area contributed by atoms with Crippen molar-refractivity contribution in [2.75, 3.05) is 5.32 Å². The Morgan fingerprint density at radius 3 is 2.64 bits per heavy atom. The number of aromatic nitrogens is 2. The second-order valence-electron chi connectivity index (χ2n) is 7.47. The largest absolute Gasteiger partial charge is 0.342 e. The monoisotopic (exact) mass is 468 g/mol. The number of rotatable bonds is 5. The van der Waals surface area contributed by atoms with Gasteiger partial charge < -0.3 is 4.57 Å². The van der Waals surface area contributed by atoms with E-state index in [2.05, 4.69) is 14.9 Å². The minimum absolute atomic E-state index is 0.0173. The molecule has 0 saturated carbocycles. The lowest BCUT2D eigenvalue weighted by molar-refractivity contribution is -0.112. The van der Waals surface area contributed by atoms with E-state index in [4.69, 9.17) is 11.6 Å². The van der Waals surface area contributed by atoms with Crippen LogP contribution < -0.4 is 5.32 Å². The van der Waals surface area contributed by atoms with Crippen molar-refractivity contribution in [3.8, 4) is 6.07 Å². The molecule has 5 rings (SSSR count). The Bertz CT molecular complexity index is 1520. The molecule has 0 unspecified atom stereocenters. The van der Waals surface area contributed by atoms with Gasteiger partial charge in [0.05, 0.1) is 10.2 Å². The fourth-order valence-electron chi connectivity index (χ4n) is 3.70. The Hall–Kier alpha value is -3.92. The summed E-state index contributed by atoms with van der Waals surface area (Å²) in [6.45, 7) is 0.644. The zero-order valence-corrected chi connectivity index (χ0v) is 18.9. The SMILES string of the molecule is N#C/C(=C\c1cn(Cc2ccc(Cl)cc2)c2ccccc12)C(=O)Nc1nc2ccccc2s1. The molecule has 33 heavy (non-hydrogen) atoms. The van der Waals surface area contributed by atoms with Crippen molar-refractivity contribution in [3.63, 3.8) is 0 Å². The van der Waals surface area contributed by atoms with Crippen molar-refractivity contribution in [1.29, 1.82) is 5.26 Å². The number of hydrogen-bond donors (Lipinski definition) is 1. The zero-order chi connectivity index (χ0) is 22.8. The number of nitrogens with zero attached hydrogens (tertiary/aromatic N) is 3. The van der Waals surface area contributed by atoms with Gasteiger partial charge in [-0.1, -0.05) is 65.4 Å². The van der Waals surface area contributed by atoms with Crippen LogP contribution in [0.15, 0.2) is 84.6 Å². The molecule has 0 bridgehead atoms. The molecule has 5 aromatic rings. The predicted molar refractivity (Wildman–Crippen MR) is 134 cm³/mol. The Morgan fingerprint density at radius 1 is 1.09 bits per heavy atom. The van der Waals surface area contributed by atoms with E-state index in [1.807, 2.05) is 85.1 Å². The third-order valence-corrected chi connectivity index (χ3v) is 6.47. The lowest BCUT2D eigenvalue weighted by atomic mass is 10.1. The molecular weight excluding hydrogens is 452 g/mol. The van der Waals surface area contributed by atoms with Crippen LogP contribution in [0.5, 0.6) is 0 Å². The van der Waals surface area contributed by atoms with Crippen molar-refractivity contribution in [1.82, 2.24) is 9.55 Å². The number of anilines is 1. The van der Waals surface area contributed by atoms with Gasteiger partial charge in [-0.3, -0.25) is 10.1 Å². The Morgan fingerprint density at radius 2 is 1.85 bits per heavy atom. The zero-order valence-electron chi connectivity index (χ0n) is 17.3. The van der Waals surface area contributed by atoms with Crippen molar-refractivity contribution < 1.29 is 4.79 Å². The number of amides is 1. The molecule has 0 radical (unpaired) electrons. The lowest BCUT2D eigenvalue weighted by Crippen LogP contribution is -2.13. The van der Waals surface area contributed by atoms with Crippen molar-refractivity contribution in [2.24, 2.45) is 0 Å². The van der Waals surface area contributed by atoms with Crippen molar-refractivity contribution >= 4 is 61.2 Å². The minimum Gasteiger partial charge on any atom is -0.342 e. The van der Waals surface area contributed by atoms with E-state index in [0.717, 1.165) is 32.2 Å². The number of halogens is 1. The summed E-state index contributed by atoms with van der Waals surface area (Å²) in [5.41, 5.74) is 3.75. The van der Waals surface area contributed by atoms with Gasteiger partial charge in [-0.05, 0) is 42.0 Å². The molecule has 0 aliphatic heterocycles. The summed E-state index contributed by atoms with van der Waals surface area (Å²) in [6.07, 6.45) is 3.59. The van der Waals surface area contributed by atoms with Gasteiger partial charge in [0.1, 0.15) is 11.6 Å². The number of nitrogens with one attached hydrogen (secondary N) is 1. The quantitative estimate of drug-likeness (QED) is 0.236. The van der Waals surface area contributed by atoms with Crippen LogP contribution in [-0.2, 0) is 11.3 Å². The molecular formula is C26H17ClN4OS. The van der Waals surface area contributed by atoms with Gasteiger partial charge in [0.25, 0.3) is 5.91 Å². The normalized spacial score (nSPS) is 11.6. The highest BCUT2D eigenvalue weighted by molar-refractivity contribution is 7.22. The first-order valence-corrected chi connectivity index (χ1v) is 11.4. The number of hydrogen-bond acceptors (Lipinski definition) is 4. The molecule has 160 valence electrons. The van der Waals surface area contributed by atoms with E-state index < -0.39 is 5.91 Å². The smallest absolute Gasteiger partial charge is 0.268 e. The fraction of sp³-hybridized carbons (Fsp3) is 0.0385. The summed E-state index contributed by atoms with van der Waals surface area (Å²) >= 11 is 7.39. The van der Waals surface area contributed by atoms with Crippen LogP contribution >= 0.6 is 22.9 Å². The lowest BCUT2D eigenvalue weighted by Gasteiger charge is -2.05. The van der Waals surface area contributed by atoms with Gasteiger partial charge in [-0.25, -0.2) is 4.98 Å². The first kappa shape index (κ1) is 21.0. The summed E-state index contributed by atoms with van der Waals surface area (Å²) < 4.78 is 3.07. The third-order valence-electron chi connectivity index (χ3n) is 5.26. The van der Waals surface area contributed by atoms with Crippen molar-refractivity contribution in [3.05, 3.63) is 101 Å². The standard InChI is InChI=1S/C26H17ClN4OS/c27-20-11-9-17(10-12-20)15-31-16-19(21-5-1-3-7-23(21)31)13-18(14-28)25(32)30-26-29-22-6-2-4-8-24(22)33-26/h1-13,16H,15H2,(H,29,30,32)/b18-13+. The van der Waals surface area contributed by atoms with Crippen LogP contribution in [0.2, 0.25) is 5.02 Å². The summed E-state index contributed by atoms with van der Waals surface area (Å²) in [5.74, 6) is -0.480. The van der Waals surface area contributed by atoms with Gasteiger partial charge >= 0.3 is 0 Å². The highest BCUT2D eigenvalue weighted by Crippen LogP contribution is 2.27. The maximum Gasteiger partial charge on any atom is 0.268 e. The fourth-order valence-corrected chi connectivity index (χ4v) is 4.69. The molecule has 1 amide bonds. The van der Waals surface area contributed by atoms with E-state index in [1.54, 1.807) is 6.08 Å². The summed E-state index contributed by atoms with van der Waals surface area (Å²) in [7, 11) is 0. The van der Waals surface area contributed by atoms with Crippen molar-refractivity contribution in [2.45, 2.75) is 6.54 Å². The number of benzene rings is 3.